The number of likely N-dealkylation sites (N-methyl/N-ethyl adjacent to an activating group) is 1. The van der Waals surface area contributed by atoms with Gasteiger partial charge in [-0.1, -0.05) is 18.2 Å². The van der Waals surface area contributed by atoms with Crippen LogP contribution in [0.2, 0.25) is 0 Å². The van der Waals surface area contributed by atoms with Crippen LogP contribution < -0.4 is 29.7 Å². The van der Waals surface area contributed by atoms with E-state index in [1.165, 1.54) is 17.6 Å². The van der Waals surface area contributed by atoms with Gasteiger partial charge in [0, 0.05) is 37.1 Å². The Labute approximate surface area is 222 Å². The number of hydrogen-bond acceptors (Lipinski definition) is 7. The predicted octanol–water partition coefficient (Wildman–Crippen LogP) is 5.56. The molecule has 0 radical (unpaired) electrons. The summed E-state index contributed by atoms with van der Waals surface area (Å²) in [6, 6.07) is 19.5. The normalized spacial score (nSPS) is 10.6. The third kappa shape index (κ3) is 6.37. The number of benzene rings is 3. The van der Waals surface area contributed by atoms with Gasteiger partial charge in [0.15, 0.2) is 16.6 Å². The van der Waals surface area contributed by atoms with Crippen LogP contribution in [0.25, 0.3) is 10.9 Å². The molecule has 37 heavy (non-hydrogen) atoms. The summed E-state index contributed by atoms with van der Waals surface area (Å²) in [7, 11) is 3.17. The third-order valence-corrected chi connectivity index (χ3v) is 6.18. The molecule has 3 aromatic carbocycles. The van der Waals surface area contributed by atoms with Crippen molar-refractivity contribution in [1.82, 2.24) is 15.3 Å². The molecule has 0 aliphatic carbocycles. The summed E-state index contributed by atoms with van der Waals surface area (Å²) in [6.07, 6.45) is 1.46. The number of methoxy groups -OCH3 is 2. The second-order valence-corrected chi connectivity index (χ2v) is 8.68. The maximum atomic E-state index is 6.05. The van der Waals surface area contributed by atoms with Crippen LogP contribution >= 0.6 is 12.2 Å². The number of thiocarbonyl (C=S) groups is 1. The SMILES string of the molecule is CCN(CCNC(=S)Nc1ccc(Oc2ncnc3cc(OC)c(OC)cc23)cc1)c1ccccc1C. The quantitative estimate of drug-likeness (QED) is 0.263. The first-order chi connectivity index (χ1) is 18.0. The van der Waals surface area contributed by atoms with Gasteiger partial charge in [-0.15, -0.1) is 0 Å². The smallest absolute Gasteiger partial charge is 0.230 e. The van der Waals surface area contributed by atoms with Crippen LogP contribution in [0.3, 0.4) is 0 Å². The highest BCUT2D eigenvalue weighted by Gasteiger charge is 2.13. The summed E-state index contributed by atoms with van der Waals surface area (Å²) < 4.78 is 16.8. The van der Waals surface area contributed by atoms with E-state index in [-0.39, 0.29) is 0 Å². The zero-order valence-electron chi connectivity index (χ0n) is 21.4. The number of rotatable bonds is 10. The van der Waals surface area contributed by atoms with Gasteiger partial charge in [0.25, 0.3) is 0 Å². The first-order valence-electron chi connectivity index (χ1n) is 12.0. The van der Waals surface area contributed by atoms with Gasteiger partial charge in [0.1, 0.15) is 12.1 Å². The number of aromatic nitrogens is 2. The standard InChI is InChI=1S/C28H31N5O3S/c1-5-33(24-9-7-6-8-19(24)2)15-14-29-28(37)32-20-10-12-21(13-11-20)36-27-22-16-25(34-3)26(35-4)17-23(22)30-18-31-27/h6-13,16-18H,5,14-15H2,1-4H3,(H2,29,32,37). The van der Waals surface area contributed by atoms with E-state index in [9.17, 15) is 0 Å². The molecular formula is C28H31N5O3S. The van der Waals surface area contributed by atoms with Gasteiger partial charge >= 0.3 is 0 Å². The molecule has 4 aromatic rings. The van der Waals surface area contributed by atoms with Crippen molar-refractivity contribution in [1.29, 1.82) is 0 Å². The molecule has 1 aromatic heterocycles. The van der Waals surface area contributed by atoms with Gasteiger partial charge in [0.05, 0.1) is 25.1 Å². The summed E-state index contributed by atoms with van der Waals surface area (Å²) >= 11 is 5.49. The van der Waals surface area contributed by atoms with Gasteiger partial charge in [-0.3, -0.25) is 0 Å². The van der Waals surface area contributed by atoms with Crippen molar-refractivity contribution in [3.63, 3.8) is 0 Å². The minimum Gasteiger partial charge on any atom is -0.493 e. The molecule has 0 bridgehead atoms. The molecule has 0 spiro atoms. The van der Waals surface area contributed by atoms with Crippen molar-refractivity contribution in [2.24, 2.45) is 0 Å². The van der Waals surface area contributed by atoms with Crippen molar-refractivity contribution >= 4 is 39.6 Å². The molecule has 8 nitrogen and oxygen atoms in total. The van der Waals surface area contributed by atoms with Gasteiger partial charge in [-0.2, -0.15) is 0 Å². The Balaban J connectivity index is 1.34. The molecule has 1 heterocycles. The van der Waals surface area contributed by atoms with Gasteiger partial charge in [-0.25, -0.2) is 9.97 Å². The average molecular weight is 518 g/mol. The van der Waals surface area contributed by atoms with E-state index in [4.69, 9.17) is 26.4 Å². The Bertz CT molecular complexity index is 1360. The minimum atomic E-state index is 0.429. The first kappa shape index (κ1) is 26.0. The molecule has 0 saturated carbocycles. The Hall–Kier alpha value is -4.11. The largest absolute Gasteiger partial charge is 0.493 e. The molecule has 0 amide bonds. The fraction of sp³-hybridized carbons (Fsp3) is 0.250. The number of nitrogens with zero attached hydrogens (tertiary/aromatic N) is 3. The zero-order valence-corrected chi connectivity index (χ0v) is 22.3. The molecule has 0 atom stereocenters. The highest BCUT2D eigenvalue weighted by Crippen LogP contribution is 2.35. The Morgan fingerprint density at radius 1 is 0.973 bits per heavy atom. The minimum absolute atomic E-state index is 0.429. The van der Waals surface area contributed by atoms with Gasteiger partial charge in [-0.05, 0) is 68.0 Å². The maximum Gasteiger partial charge on any atom is 0.230 e. The third-order valence-electron chi connectivity index (χ3n) is 5.94. The molecule has 0 fully saturated rings. The van der Waals surface area contributed by atoms with Crippen molar-refractivity contribution < 1.29 is 14.2 Å². The monoisotopic (exact) mass is 517 g/mol. The lowest BCUT2D eigenvalue weighted by molar-refractivity contribution is 0.355. The van der Waals surface area contributed by atoms with Crippen LogP contribution in [-0.2, 0) is 0 Å². The number of para-hydroxylation sites is 1. The molecular weight excluding hydrogens is 486 g/mol. The molecule has 0 unspecified atom stereocenters. The lowest BCUT2D eigenvalue weighted by Gasteiger charge is -2.25. The number of ether oxygens (including phenoxy) is 3. The van der Waals surface area contributed by atoms with Crippen LogP contribution in [0, 0.1) is 6.92 Å². The Morgan fingerprint density at radius 3 is 2.41 bits per heavy atom. The second kappa shape index (κ2) is 12.2. The van der Waals surface area contributed by atoms with E-state index in [1.807, 2.05) is 30.3 Å². The first-order valence-corrected chi connectivity index (χ1v) is 12.4. The molecule has 192 valence electrons. The molecule has 0 aliphatic heterocycles. The highest BCUT2D eigenvalue weighted by atomic mass is 32.1. The van der Waals surface area contributed by atoms with Crippen molar-refractivity contribution in [2.75, 3.05) is 44.1 Å². The molecule has 0 saturated heterocycles. The van der Waals surface area contributed by atoms with E-state index in [0.717, 1.165) is 30.7 Å². The van der Waals surface area contributed by atoms with E-state index in [2.05, 4.69) is 63.6 Å². The average Bonchev–Trinajstić information content (AvgIpc) is 2.92. The van der Waals surface area contributed by atoms with Crippen LogP contribution in [0.5, 0.6) is 23.1 Å². The van der Waals surface area contributed by atoms with Crippen molar-refractivity contribution in [3.8, 4) is 23.1 Å². The number of nitrogens with one attached hydrogen (secondary N) is 2. The van der Waals surface area contributed by atoms with E-state index < -0.39 is 0 Å². The maximum absolute atomic E-state index is 6.05. The molecule has 4 rings (SSSR count). The molecule has 2 N–H and O–H groups in total. The lowest BCUT2D eigenvalue weighted by Crippen LogP contribution is -2.37. The van der Waals surface area contributed by atoms with Crippen molar-refractivity contribution in [2.45, 2.75) is 13.8 Å². The number of fused-ring (bicyclic) bond motifs is 1. The van der Waals surface area contributed by atoms with E-state index in [0.29, 0.717) is 33.8 Å². The summed E-state index contributed by atoms with van der Waals surface area (Å²) in [4.78, 5) is 11.0. The number of anilines is 2. The van der Waals surface area contributed by atoms with E-state index in [1.54, 1.807) is 20.3 Å². The van der Waals surface area contributed by atoms with Gasteiger partial charge in [0.2, 0.25) is 5.88 Å². The van der Waals surface area contributed by atoms with Crippen LogP contribution in [-0.4, -0.2) is 48.9 Å². The fourth-order valence-electron chi connectivity index (χ4n) is 4.01. The predicted molar refractivity (Wildman–Crippen MR) is 152 cm³/mol. The molecule has 9 heteroatoms. The van der Waals surface area contributed by atoms with Crippen LogP contribution in [0.15, 0.2) is 67.0 Å². The Kier molecular flexibility index (Phi) is 8.58. The van der Waals surface area contributed by atoms with Crippen LogP contribution in [0.1, 0.15) is 12.5 Å². The van der Waals surface area contributed by atoms with E-state index >= 15 is 0 Å². The topological polar surface area (TPSA) is 80.8 Å². The summed E-state index contributed by atoms with van der Waals surface area (Å²) in [5.74, 6) is 2.24. The fourth-order valence-corrected chi connectivity index (χ4v) is 4.23. The second-order valence-electron chi connectivity index (χ2n) is 8.28. The lowest BCUT2D eigenvalue weighted by atomic mass is 10.2. The highest BCUT2D eigenvalue weighted by molar-refractivity contribution is 7.80. The number of hydrogen-bond donors (Lipinski definition) is 2. The van der Waals surface area contributed by atoms with Crippen molar-refractivity contribution in [3.05, 3.63) is 72.6 Å². The summed E-state index contributed by atoms with van der Waals surface area (Å²) in [5, 5.41) is 7.80. The number of aryl methyl sites for hydroxylation is 1. The van der Waals surface area contributed by atoms with Crippen LogP contribution in [0.4, 0.5) is 11.4 Å². The summed E-state index contributed by atoms with van der Waals surface area (Å²) in [6.45, 7) is 6.79. The zero-order chi connectivity index (χ0) is 26.2. The van der Waals surface area contributed by atoms with Gasteiger partial charge < -0.3 is 29.7 Å². The Morgan fingerprint density at radius 2 is 1.70 bits per heavy atom. The molecule has 0 aliphatic rings. The summed E-state index contributed by atoms with van der Waals surface area (Å²) in [5.41, 5.74) is 4.06.